The Labute approximate surface area is 141 Å². The summed E-state index contributed by atoms with van der Waals surface area (Å²) in [4.78, 5) is 11.1. The van der Waals surface area contributed by atoms with Crippen molar-refractivity contribution in [2.45, 2.75) is 11.3 Å². The predicted octanol–water partition coefficient (Wildman–Crippen LogP) is 3.43. The fourth-order valence-electron chi connectivity index (χ4n) is 2.21. The van der Waals surface area contributed by atoms with E-state index >= 15 is 0 Å². The molecule has 120 valence electrons. The highest BCUT2D eigenvalue weighted by Gasteiger charge is 2.26. The van der Waals surface area contributed by atoms with Gasteiger partial charge in [0.25, 0.3) is 10.0 Å². The van der Waals surface area contributed by atoms with Gasteiger partial charge in [-0.05, 0) is 29.8 Å². The van der Waals surface area contributed by atoms with Gasteiger partial charge in [-0.25, -0.2) is 12.8 Å². The average molecular weight is 375 g/mol. The molecule has 0 aromatic heterocycles. The number of sulfonamides is 1. The van der Waals surface area contributed by atoms with Crippen LogP contribution in [-0.2, 0) is 21.2 Å². The molecule has 0 spiro atoms. The zero-order chi connectivity index (χ0) is 16.8. The van der Waals surface area contributed by atoms with E-state index in [-0.39, 0.29) is 33.0 Å². The van der Waals surface area contributed by atoms with Crippen molar-refractivity contribution < 1.29 is 17.6 Å². The van der Waals surface area contributed by atoms with Crippen LogP contribution in [0.3, 0.4) is 0 Å². The van der Waals surface area contributed by atoms with Crippen molar-refractivity contribution in [3.05, 3.63) is 51.8 Å². The van der Waals surface area contributed by atoms with Gasteiger partial charge in [-0.2, -0.15) is 0 Å². The molecule has 0 aliphatic carbocycles. The molecule has 23 heavy (non-hydrogen) atoms. The molecule has 3 rings (SSSR count). The lowest BCUT2D eigenvalue weighted by molar-refractivity contribution is -0.115. The Morgan fingerprint density at radius 1 is 1.17 bits per heavy atom. The smallest absolute Gasteiger partial charge is 0.263 e. The molecule has 1 amide bonds. The molecule has 0 fully saturated rings. The molecule has 0 bridgehead atoms. The SMILES string of the molecule is O=C1Cc2cc(S(=O)(=O)Nc3cccc(Cl)c3F)c(Cl)cc2N1. The quantitative estimate of drug-likeness (QED) is 0.863. The van der Waals surface area contributed by atoms with Crippen LogP contribution in [0.1, 0.15) is 5.56 Å². The summed E-state index contributed by atoms with van der Waals surface area (Å²) >= 11 is 11.6. The number of amides is 1. The van der Waals surface area contributed by atoms with Crippen molar-refractivity contribution in [1.29, 1.82) is 0 Å². The maximum Gasteiger partial charge on any atom is 0.263 e. The third-order valence-electron chi connectivity index (χ3n) is 3.27. The van der Waals surface area contributed by atoms with Crippen molar-refractivity contribution in [3.8, 4) is 0 Å². The van der Waals surface area contributed by atoms with Crippen LogP contribution in [-0.4, -0.2) is 14.3 Å². The summed E-state index contributed by atoms with van der Waals surface area (Å²) in [7, 11) is -4.14. The van der Waals surface area contributed by atoms with Crippen LogP contribution < -0.4 is 10.0 Å². The van der Waals surface area contributed by atoms with Gasteiger partial charge in [-0.1, -0.05) is 29.3 Å². The van der Waals surface area contributed by atoms with Crippen LogP contribution in [0.15, 0.2) is 35.2 Å². The van der Waals surface area contributed by atoms with E-state index in [1.54, 1.807) is 0 Å². The molecule has 0 saturated heterocycles. The summed E-state index contributed by atoms with van der Waals surface area (Å²) in [5, 5.41) is 2.28. The number of nitrogens with one attached hydrogen (secondary N) is 2. The number of carbonyl (C=O) groups excluding carboxylic acids is 1. The van der Waals surface area contributed by atoms with Gasteiger partial charge < -0.3 is 5.32 Å². The van der Waals surface area contributed by atoms with Gasteiger partial charge in [0, 0.05) is 5.69 Å². The summed E-state index contributed by atoms with van der Waals surface area (Å²) in [6.07, 6.45) is 0.0561. The molecule has 2 aromatic rings. The molecule has 0 saturated carbocycles. The Morgan fingerprint density at radius 3 is 2.65 bits per heavy atom. The van der Waals surface area contributed by atoms with E-state index in [1.165, 1.54) is 30.3 Å². The van der Waals surface area contributed by atoms with E-state index in [9.17, 15) is 17.6 Å². The van der Waals surface area contributed by atoms with E-state index in [2.05, 4.69) is 10.0 Å². The molecule has 9 heteroatoms. The van der Waals surface area contributed by atoms with Gasteiger partial charge in [-0.3, -0.25) is 9.52 Å². The minimum Gasteiger partial charge on any atom is -0.325 e. The number of benzene rings is 2. The van der Waals surface area contributed by atoms with Gasteiger partial charge in [0.1, 0.15) is 4.90 Å². The van der Waals surface area contributed by atoms with Crippen molar-refractivity contribution in [1.82, 2.24) is 0 Å². The highest BCUT2D eigenvalue weighted by atomic mass is 35.5. The van der Waals surface area contributed by atoms with E-state index in [4.69, 9.17) is 23.2 Å². The maximum absolute atomic E-state index is 13.9. The summed E-state index contributed by atoms with van der Waals surface area (Å²) in [6, 6.07) is 6.60. The van der Waals surface area contributed by atoms with E-state index in [0.717, 1.165) is 0 Å². The topological polar surface area (TPSA) is 75.3 Å². The Balaban J connectivity index is 2.02. The number of carbonyl (C=O) groups is 1. The second-order valence-electron chi connectivity index (χ2n) is 4.87. The second-order valence-corrected chi connectivity index (χ2v) is 7.34. The lowest BCUT2D eigenvalue weighted by atomic mass is 10.2. The fraction of sp³-hybridized carbons (Fsp3) is 0.0714. The van der Waals surface area contributed by atoms with Crippen molar-refractivity contribution >= 4 is 50.5 Å². The predicted molar refractivity (Wildman–Crippen MR) is 86.0 cm³/mol. The van der Waals surface area contributed by atoms with E-state index in [1.807, 2.05) is 0 Å². The first-order valence-electron chi connectivity index (χ1n) is 6.37. The highest BCUT2D eigenvalue weighted by Crippen LogP contribution is 2.33. The lowest BCUT2D eigenvalue weighted by Crippen LogP contribution is -2.15. The number of anilines is 2. The van der Waals surface area contributed by atoms with Gasteiger partial charge in [0.05, 0.1) is 22.2 Å². The molecular weight excluding hydrogens is 366 g/mol. The van der Waals surface area contributed by atoms with Gasteiger partial charge in [-0.15, -0.1) is 0 Å². The number of halogens is 3. The van der Waals surface area contributed by atoms with Gasteiger partial charge in [0.15, 0.2) is 5.82 Å². The first kappa shape index (κ1) is 16.0. The average Bonchev–Trinajstić information content (AvgIpc) is 2.82. The largest absolute Gasteiger partial charge is 0.325 e. The molecular formula is C14H9Cl2FN2O3S. The first-order valence-corrected chi connectivity index (χ1v) is 8.61. The standard InChI is InChI=1S/C14H9Cl2FN2O3S/c15-8-2-1-3-10(14(8)17)19-23(21,22)12-4-7-5-13(20)18-11(7)6-9(12)16/h1-4,6,19H,5H2,(H,18,20). The van der Waals surface area contributed by atoms with Crippen LogP contribution in [0.5, 0.6) is 0 Å². The zero-order valence-electron chi connectivity index (χ0n) is 11.4. The van der Waals surface area contributed by atoms with Crippen molar-refractivity contribution in [2.75, 3.05) is 10.0 Å². The minimum atomic E-state index is -4.14. The molecule has 1 aliphatic rings. The Kier molecular flexibility index (Phi) is 3.95. The number of hydrogen-bond donors (Lipinski definition) is 2. The second kappa shape index (κ2) is 5.67. The minimum absolute atomic E-state index is 0.0561. The van der Waals surface area contributed by atoms with E-state index < -0.39 is 15.8 Å². The molecule has 5 nitrogen and oxygen atoms in total. The van der Waals surface area contributed by atoms with E-state index in [0.29, 0.717) is 11.3 Å². The summed E-state index contributed by atoms with van der Waals surface area (Å²) in [6.45, 7) is 0. The highest BCUT2D eigenvalue weighted by molar-refractivity contribution is 7.92. The zero-order valence-corrected chi connectivity index (χ0v) is 13.7. The van der Waals surface area contributed by atoms with Gasteiger partial charge >= 0.3 is 0 Å². The van der Waals surface area contributed by atoms with Crippen LogP contribution >= 0.6 is 23.2 Å². The summed E-state index contributed by atoms with van der Waals surface area (Å²) in [5.41, 5.74) is 0.683. The Bertz CT molecular complexity index is 932. The lowest BCUT2D eigenvalue weighted by Gasteiger charge is -2.12. The maximum atomic E-state index is 13.9. The summed E-state index contributed by atoms with van der Waals surface area (Å²) in [5.74, 6) is -1.13. The Hall–Kier alpha value is -1.83. The first-order chi connectivity index (χ1) is 10.8. The third-order valence-corrected chi connectivity index (χ3v) is 5.39. The van der Waals surface area contributed by atoms with Gasteiger partial charge in [0.2, 0.25) is 5.91 Å². The van der Waals surface area contributed by atoms with Crippen LogP contribution in [0.4, 0.5) is 15.8 Å². The molecule has 0 atom stereocenters. The van der Waals surface area contributed by atoms with Crippen molar-refractivity contribution in [3.63, 3.8) is 0 Å². The van der Waals surface area contributed by atoms with Crippen LogP contribution in [0, 0.1) is 5.82 Å². The summed E-state index contributed by atoms with van der Waals surface area (Å²) < 4.78 is 40.9. The molecule has 1 heterocycles. The van der Waals surface area contributed by atoms with Crippen LogP contribution in [0.2, 0.25) is 10.0 Å². The number of fused-ring (bicyclic) bond motifs is 1. The van der Waals surface area contributed by atoms with Crippen LogP contribution in [0.25, 0.3) is 0 Å². The fourth-order valence-corrected chi connectivity index (χ4v) is 4.03. The molecule has 0 unspecified atom stereocenters. The number of hydrogen-bond acceptors (Lipinski definition) is 3. The third kappa shape index (κ3) is 2.99. The molecule has 1 aliphatic heterocycles. The Morgan fingerprint density at radius 2 is 1.91 bits per heavy atom. The monoisotopic (exact) mass is 374 g/mol. The van der Waals surface area contributed by atoms with Crippen molar-refractivity contribution in [2.24, 2.45) is 0 Å². The number of rotatable bonds is 3. The molecule has 2 N–H and O–H groups in total. The molecule has 2 aromatic carbocycles. The normalized spacial score (nSPS) is 13.6. The molecule has 0 radical (unpaired) electrons.